The average Bonchev–Trinajstić information content (AvgIpc) is 3.09. The van der Waals surface area contributed by atoms with Crippen molar-refractivity contribution in [1.82, 2.24) is 9.97 Å². The number of rotatable bonds is 6. The van der Waals surface area contributed by atoms with Gasteiger partial charge in [-0.1, -0.05) is 17.7 Å². The van der Waals surface area contributed by atoms with E-state index in [-0.39, 0.29) is 18.6 Å². The largest absolute Gasteiger partial charge is 0.515 e. The number of hydrogen-bond donors (Lipinski definition) is 1. The van der Waals surface area contributed by atoms with E-state index in [0.29, 0.717) is 11.3 Å². The summed E-state index contributed by atoms with van der Waals surface area (Å²) in [5, 5.41) is 1.77. The average molecular weight is 420 g/mol. The van der Waals surface area contributed by atoms with Gasteiger partial charge in [-0.15, -0.1) is 0 Å². The van der Waals surface area contributed by atoms with Crippen LogP contribution in [0.25, 0.3) is 21.8 Å². The molecule has 0 unspecified atom stereocenters. The van der Waals surface area contributed by atoms with E-state index in [1.54, 1.807) is 27.2 Å². The highest BCUT2D eigenvalue weighted by Crippen LogP contribution is 2.35. The number of H-pyrrole nitrogens is 1. The molecule has 0 fully saturated rings. The van der Waals surface area contributed by atoms with Crippen molar-refractivity contribution < 1.29 is 23.7 Å². The minimum Gasteiger partial charge on any atom is -0.457 e. The summed E-state index contributed by atoms with van der Waals surface area (Å²) < 4.78 is 21.9. The Morgan fingerprint density at radius 3 is 2.52 bits per heavy atom. The molecule has 160 valence electrons. The Kier molecular flexibility index (Phi) is 5.77. The Hall–Kier alpha value is -3.58. The highest BCUT2D eigenvalue weighted by atomic mass is 16.7. The molecule has 0 amide bonds. The van der Waals surface area contributed by atoms with Crippen molar-refractivity contribution in [2.24, 2.45) is 0 Å². The summed E-state index contributed by atoms with van der Waals surface area (Å²) in [6.45, 7) is 5.75. The molecule has 4 aromatic rings. The van der Waals surface area contributed by atoms with Crippen molar-refractivity contribution in [3.8, 4) is 17.4 Å². The van der Waals surface area contributed by atoms with Crippen LogP contribution in [0.4, 0.5) is 4.79 Å². The summed E-state index contributed by atoms with van der Waals surface area (Å²) in [5.74, 6) is 1.61. The van der Waals surface area contributed by atoms with Crippen LogP contribution in [0.2, 0.25) is 0 Å². The Balaban J connectivity index is 1.78. The van der Waals surface area contributed by atoms with Crippen LogP contribution in [0.1, 0.15) is 25.0 Å². The van der Waals surface area contributed by atoms with Crippen LogP contribution in [-0.2, 0) is 16.1 Å². The van der Waals surface area contributed by atoms with E-state index in [2.05, 4.69) is 9.97 Å². The Morgan fingerprint density at radius 1 is 1.06 bits per heavy atom. The second-order valence-corrected chi connectivity index (χ2v) is 7.53. The quantitative estimate of drug-likeness (QED) is 0.392. The predicted octanol–water partition coefficient (Wildman–Crippen LogP) is 5.89. The van der Waals surface area contributed by atoms with E-state index in [0.717, 1.165) is 27.6 Å². The molecule has 4 rings (SSSR count). The summed E-state index contributed by atoms with van der Waals surface area (Å²) in [5.41, 5.74) is 3.53. The number of nitrogens with one attached hydrogen (secondary N) is 1. The first-order valence-corrected chi connectivity index (χ1v) is 10.00. The minimum absolute atomic E-state index is 0.158. The van der Waals surface area contributed by atoms with Crippen molar-refractivity contribution in [3.05, 3.63) is 59.8 Å². The first-order chi connectivity index (χ1) is 14.9. The fraction of sp³-hybridized carbons (Fsp3) is 0.250. The maximum absolute atomic E-state index is 12.0. The van der Waals surface area contributed by atoms with E-state index in [9.17, 15) is 4.79 Å². The number of carbonyl (C=O) groups is 1. The fourth-order valence-corrected chi connectivity index (χ4v) is 3.39. The molecule has 1 N–H and O–H groups in total. The molecule has 0 aliphatic heterocycles. The van der Waals surface area contributed by atoms with E-state index in [1.807, 2.05) is 49.4 Å². The third-order valence-electron chi connectivity index (χ3n) is 4.73. The number of hydrogen-bond acceptors (Lipinski definition) is 6. The van der Waals surface area contributed by atoms with Crippen molar-refractivity contribution in [2.45, 2.75) is 33.5 Å². The summed E-state index contributed by atoms with van der Waals surface area (Å²) in [6, 6.07) is 13.7. The molecule has 0 aliphatic rings. The highest BCUT2D eigenvalue weighted by molar-refractivity contribution is 6.09. The molecule has 2 aromatic carbocycles. The third-order valence-corrected chi connectivity index (χ3v) is 4.73. The molecule has 7 nitrogen and oxygen atoms in total. The molecule has 2 heterocycles. The number of methoxy groups -OCH3 is 1. The standard InChI is InChI=1S/C24H24N2O5/c1-14(2)29-24(27)31-23-19(13-28-4)22-18-11-17(30-16-7-5-15(3)6-8-16)9-10-20(18)26-21(22)12-25-23/h5-12,14,26H,13H2,1-4H3. The summed E-state index contributed by atoms with van der Waals surface area (Å²) in [4.78, 5) is 19.7. The first-order valence-electron chi connectivity index (χ1n) is 10.00. The number of aryl methyl sites for hydroxylation is 1. The molecule has 0 saturated heterocycles. The first kappa shape index (κ1) is 20.7. The summed E-state index contributed by atoms with van der Waals surface area (Å²) in [7, 11) is 1.58. The van der Waals surface area contributed by atoms with Gasteiger partial charge in [-0.2, -0.15) is 0 Å². The van der Waals surface area contributed by atoms with Gasteiger partial charge in [0.15, 0.2) is 0 Å². The van der Waals surface area contributed by atoms with E-state index in [1.165, 1.54) is 5.56 Å². The van der Waals surface area contributed by atoms with Gasteiger partial charge in [-0.25, -0.2) is 9.78 Å². The molecular weight excluding hydrogens is 396 g/mol. The molecule has 0 atom stereocenters. The van der Waals surface area contributed by atoms with Crippen LogP contribution in [0.5, 0.6) is 17.4 Å². The van der Waals surface area contributed by atoms with Crippen LogP contribution >= 0.6 is 0 Å². The van der Waals surface area contributed by atoms with Gasteiger partial charge in [0.05, 0.1) is 30.0 Å². The monoisotopic (exact) mass is 420 g/mol. The molecule has 0 saturated carbocycles. The lowest BCUT2D eigenvalue weighted by Gasteiger charge is -2.12. The van der Waals surface area contributed by atoms with Crippen molar-refractivity contribution >= 4 is 28.0 Å². The number of nitrogens with zero attached hydrogens (tertiary/aromatic N) is 1. The van der Waals surface area contributed by atoms with Crippen LogP contribution < -0.4 is 9.47 Å². The fourth-order valence-electron chi connectivity index (χ4n) is 3.39. The number of aromatic nitrogens is 2. The summed E-state index contributed by atoms with van der Waals surface area (Å²) in [6.07, 6.45) is 0.534. The number of ether oxygens (including phenoxy) is 4. The lowest BCUT2D eigenvalue weighted by Crippen LogP contribution is -2.17. The maximum atomic E-state index is 12.0. The molecule has 0 radical (unpaired) electrons. The smallest absolute Gasteiger partial charge is 0.457 e. The van der Waals surface area contributed by atoms with Crippen LogP contribution in [0.3, 0.4) is 0 Å². The van der Waals surface area contributed by atoms with E-state index in [4.69, 9.17) is 18.9 Å². The van der Waals surface area contributed by atoms with E-state index < -0.39 is 6.16 Å². The van der Waals surface area contributed by atoms with Gasteiger partial charge in [0, 0.05) is 23.4 Å². The zero-order valence-electron chi connectivity index (χ0n) is 17.9. The molecule has 0 spiro atoms. The van der Waals surface area contributed by atoms with Gasteiger partial charge in [0.25, 0.3) is 0 Å². The predicted molar refractivity (Wildman–Crippen MR) is 118 cm³/mol. The molecule has 0 aliphatic carbocycles. The summed E-state index contributed by atoms with van der Waals surface area (Å²) >= 11 is 0. The van der Waals surface area contributed by atoms with E-state index >= 15 is 0 Å². The van der Waals surface area contributed by atoms with Crippen LogP contribution in [0, 0.1) is 6.92 Å². The molecule has 31 heavy (non-hydrogen) atoms. The van der Waals surface area contributed by atoms with Crippen molar-refractivity contribution in [1.29, 1.82) is 0 Å². The zero-order chi connectivity index (χ0) is 22.0. The Bertz CT molecular complexity index is 1230. The molecule has 2 aromatic heterocycles. The topological polar surface area (TPSA) is 82.7 Å². The van der Waals surface area contributed by atoms with Gasteiger partial charge < -0.3 is 23.9 Å². The van der Waals surface area contributed by atoms with Gasteiger partial charge in [-0.3, -0.25) is 0 Å². The molecule has 7 heteroatoms. The number of fused-ring (bicyclic) bond motifs is 3. The Morgan fingerprint density at radius 2 is 1.81 bits per heavy atom. The second kappa shape index (κ2) is 8.65. The van der Waals surface area contributed by atoms with Gasteiger partial charge in [0.2, 0.25) is 5.88 Å². The van der Waals surface area contributed by atoms with Gasteiger partial charge >= 0.3 is 6.16 Å². The van der Waals surface area contributed by atoms with Crippen LogP contribution in [0.15, 0.2) is 48.7 Å². The van der Waals surface area contributed by atoms with Crippen molar-refractivity contribution in [3.63, 3.8) is 0 Å². The molecule has 0 bridgehead atoms. The maximum Gasteiger partial charge on any atom is 0.515 e. The lowest BCUT2D eigenvalue weighted by atomic mass is 10.1. The van der Waals surface area contributed by atoms with Gasteiger partial charge in [-0.05, 0) is 51.1 Å². The number of carbonyl (C=O) groups excluding carboxylic acids is 1. The zero-order valence-corrected chi connectivity index (χ0v) is 17.9. The number of aromatic amines is 1. The lowest BCUT2D eigenvalue weighted by molar-refractivity contribution is 0.0705. The van der Waals surface area contributed by atoms with Crippen LogP contribution in [-0.4, -0.2) is 29.3 Å². The molecular formula is C24H24N2O5. The number of pyridine rings is 1. The SMILES string of the molecule is COCc1c(OC(=O)OC(C)C)ncc2[nH]c3ccc(Oc4ccc(C)cc4)cc3c12. The second-order valence-electron chi connectivity index (χ2n) is 7.53. The highest BCUT2D eigenvalue weighted by Gasteiger charge is 2.19. The number of benzene rings is 2. The van der Waals surface area contributed by atoms with Gasteiger partial charge in [0.1, 0.15) is 11.5 Å². The Labute approximate surface area is 179 Å². The third kappa shape index (κ3) is 4.46. The van der Waals surface area contributed by atoms with Crippen molar-refractivity contribution in [2.75, 3.05) is 7.11 Å². The normalized spacial score (nSPS) is 11.3. The minimum atomic E-state index is -0.803.